The molecule has 3 rings (SSSR count). The molecule has 0 amide bonds. The van der Waals surface area contributed by atoms with Crippen LogP contribution >= 0.6 is 0 Å². The molecular formula is C17H24N6O2. The van der Waals surface area contributed by atoms with Crippen LogP contribution in [0.1, 0.15) is 37.2 Å². The molecule has 2 N–H and O–H groups in total. The Morgan fingerprint density at radius 2 is 2.08 bits per heavy atom. The molecule has 0 spiro atoms. The second-order valence-corrected chi connectivity index (χ2v) is 6.40. The number of hydrogen-bond donors (Lipinski definition) is 2. The minimum Gasteiger partial charge on any atom is -0.390 e. The first-order chi connectivity index (χ1) is 12.0. The maximum absolute atomic E-state index is 9.69. The van der Waals surface area contributed by atoms with E-state index in [1.54, 1.807) is 19.2 Å². The van der Waals surface area contributed by atoms with Crippen molar-refractivity contribution in [1.82, 2.24) is 19.9 Å². The van der Waals surface area contributed by atoms with Crippen LogP contribution < -0.4 is 9.80 Å². The van der Waals surface area contributed by atoms with Crippen LogP contribution in [-0.4, -0.2) is 55.8 Å². The Labute approximate surface area is 147 Å². The molecule has 2 aromatic rings. The number of aliphatic hydroxyl groups excluding tert-OH is 2. The summed E-state index contributed by atoms with van der Waals surface area (Å²) in [6, 6.07) is 3.86. The van der Waals surface area contributed by atoms with Crippen LogP contribution in [0.2, 0.25) is 0 Å². The number of anilines is 2. The van der Waals surface area contributed by atoms with E-state index in [9.17, 15) is 10.2 Å². The molecule has 3 heterocycles. The van der Waals surface area contributed by atoms with Crippen molar-refractivity contribution in [3.63, 3.8) is 0 Å². The lowest BCUT2D eigenvalue weighted by Gasteiger charge is -2.40. The summed E-state index contributed by atoms with van der Waals surface area (Å²) in [5.41, 5.74) is 1.48. The Morgan fingerprint density at radius 3 is 2.76 bits per heavy atom. The van der Waals surface area contributed by atoms with E-state index in [2.05, 4.69) is 36.7 Å². The molecule has 1 aliphatic heterocycles. The van der Waals surface area contributed by atoms with Gasteiger partial charge in [-0.05, 0) is 32.9 Å². The summed E-state index contributed by atoms with van der Waals surface area (Å²) < 4.78 is 0. The summed E-state index contributed by atoms with van der Waals surface area (Å²) in [5, 5.41) is 19.0. The summed E-state index contributed by atoms with van der Waals surface area (Å²) in [5.74, 6) is 1.91. The van der Waals surface area contributed by atoms with E-state index >= 15 is 0 Å². The van der Waals surface area contributed by atoms with Gasteiger partial charge in [0.15, 0.2) is 5.82 Å². The Bertz CT molecular complexity index is 739. The molecule has 8 nitrogen and oxygen atoms in total. The van der Waals surface area contributed by atoms with Crippen LogP contribution in [0.15, 0.2) is 18.3 Å². The SMILES string of the molecule is Cc1cc(CO)nc(N2CCN(c3ccnc([C@@H](C)O)n3)[C@@H](C)C2)n1. The molecule has 0 aromatic carbocycles. The van der Waals surface area contributed by atoms with Crippen molar-refractivity contribution in [2.75, 3.05) is 29.4 Å². The molecule has 0 bridgehead atoms. The monoisotopic (exact) mass is 344 g/mol. The second kappa shape index (κ2) is 7.28. The molecule has 2 atom stereocenters. The smallest absolute Gasteiger partial charge is 0.225 e. The molecule has 0 unspecified atom stereocenters. The lowest BCUT2D eigenvalue weighted by Crippen LogP contribution is -2.53. The van der Waals surface area contributed by atoms with Crippen LogP contribution in [0.4, 0.5) is 11.8 Å². The normalized spacial score (nSPS) is 19.2. The molecule has 1 fully saturated rings. The third-order valence-electron chi connectivity index (χ3n) is 4.30. The summed E-state index contributed by atoms with van der Waals surface area (Å²) in [7, 11) is 0. The first-order valence-electron chi connectivity index (χ1n) is 8.46. The quantitative estimate of drug-likeness (QED) is 0.842. The molecule has 1 saturated heterocycles. The highest BCUT2D eigenvalue weighted by atomic mass is 16.3. The number of aryl methyl sites for hydroxylation is 1. The number of rotatable bonds is 4. The Hall–Kier alpha value is -2.32. The fourth-order valence-electron chi connectivity index (χ4n) is 3.04. The van der Waals surface area contributed by atoms with E-state index in [0.29, 0.717) is 17.5 Å². The van der Waals surface area contributed by atoms with Crippen LogP contribution in [-0.2, 0) is 6.61 Å². The first kappa shape index (κ1) is 17.5. The molecule has 0 radical (unpaired) electrons. The van der Waals surface area contributed by atoms with Gasteiger partial charge in [0.05, 0.1) is 12.3 Å². The van der Waals surface area contributed by atoms with Crippen molar-refractivity contribution >= 4 is 11.8 Å². The zero-order chi connectivity index (χ0) is 18.0. The van der Waals surface area contributed by atoms with Gasteiger partial charge < -0.3 is 20.0 Å². The molecular weight excluding hydrogens is 320 g/mol. The highest BCUT2D eigenvalue weighted by molar-refractivity contribution is 5.44. The average Bonchev–Trinajstić information content (AvgIpc) is 2.61. The van der Waals surface area contributed by atoms with Gasteiger partial charge in [-0.25, -0.2) is 19.9 Å². The lowest BCUT2D eigenvalue weighted by atomic mass is 10.2. The predicted molar refractivity (Wildman–Crippen MR) is 94.4 cm³/mol. The molecule has 8 heteroatoms. The van der Waals surface area contributed by atoms with Gasteiger partial charge in [-0.3, -0.25) is 0 Å². The Kier molecular flexibility index (Phi) is 5.10. The predicted octanol–water partition coefficient (Wildman–Crippen LogP) is 0.836. The van der Waals surface area contributed by atoms with Crippen molar-refractivity contribution in [3.8, 4) is 0 Å². The molecule has 134 valence electrons. The van der Waals surface area contributed by atoms with E-state index in [-0.39, 0.29) is 12.6 Å². The van der Waals surface area contributed by atoms with Crippen molar-refractivity contribution in [2.24, 2.45) is 0 Å². The number of hydrogen-bond acceptors (Lipinski definition) is 8. The number of aliphatic hydroxyl groups is 2. The lowest BCUT2D eigenvalue weighted by molar-refractivity contribution is 0.189. The summed E-state index contributed by atoms with van der Waals surface area (Å²) in [6.07, 6.45) is 0.995. The number of nitrogens with zero attached hydrogens (tertiary/aromatic N) is 6. The maximum atomic E-state index is 9.69. The van der Waals surface area contributed by atoms with Gasteiger partial charge in [-0.2, -0.15) is 0 Å². The fraction of sp³-hybridized carbons (Fsp3) is 0.529. The second-order valence-electron chi connectivity index (χ2n) is 6.40. The number of aromatic nitrogens is 4. The van der Waals surface area contributed by atoms with Crippen LogP contribution in [0.5, 0.6) is 0 Å². The molecule has 2 aromatic heterocycles. The van der Waals surface area contributed by atoms with Crippen LogP contribution in [0, 0.1) is 6.92 Å². The van der Waals surface area contributed by atoms with Gasteiger partial charge in [-0.1, -0.05) is 0 Å². The van der Waals surface area contributed by atoms with Crippen molar-refractivity contribution in [3.05, 3.63) is 35.5 Å². The van der Waals surface area contributed by atoms with Gasteiger partial charge in [-0.15, -0.1) is 0 Å². The maximum Gasteiger partial charge on any atom is 0.225 e. The zero-order valence-electron chi connectivity index (χ0n) is 14.8. The highest BCUT2D eigenvalue weighted by Gasteiger charge is 2.27. The van der Waals surface area contributed by atoms with Gasteiger partial charge in [0.25, 0.3) is 0 Å². The standard InChI is InChI=1S/C17H24N6O2/c1-11-8-14(10-24)20-17(19-11)22-6-7-23(12(2)9-22)15-4-5-18-16(21-15)13(3)25/h4-5,8,12-13,24-25H,6-7,9-10H2,1-3H3/t12-,13+/m0/s1. The molecule has 25 heavy (non-hydrogen) atoms. The average molecular weight is 344 g/mol. The number of piperazine rings is 1. The molecule has 1 aliphatic rings. The third kappa shape index (κ3) is 3.85. The third-order valence-corrected chi connectivity index (χ3v) is 4.30. The van der Waals surface area contributed by atoms with Crippen LogP contribution in [0.3, 0.4) is 0 Å². The minimum absolute atomic E-state index is 0.0884. The van der Waals surface area contributed by atoms with E-state index < -0.39 is 6.10 Å². The van der Waals surface area contributed by atoms with E-state index in [1.807, 2.05) is 13.0 Å². The van der Waals surface area contributed by atoms with Crippen molar-refractivity contribution < 1.29 is 10.2 Å². The Balaban J connectivity index is 1.77. The summed E-state index contributed by atoms with van der Waals surface area (Å²) in [4.78, 5) is 21.8. The van der Waals surface area contributed by atoms with E-state index in [1.165, 1.54) is 0 Å². The molecule has 0 aliphatic carbocycles. The summed E-state index contributed by atoms with van der Waals surface area (Å²) >= 11 is 0. The first-order valence-corrected chi connectivity index (χ1v) is 8.46. The van der Waals surface area contributed by atoms with Gasteiger partial charge >= 0.3 is 0 Å². The van der Waals surface area contributed by atoms with Crippen molar-refractivity contribution in [1.29, 1.82) is 0 Å². The molecule has 0 saturated carbocycles. The van der Waals surface area contributed by atoms with Crippen molar-refractivity contribution in [2.45, 2.75) is 39.5 Å². The minimum atomic E-state index is -0.686. The Morgan fingerprint density at radius 1 is 1.28 bits per heavy atom. The topological polar surface area (TPSA) is 98.5 Å². The van der Waals surface area contributed by atoms with E-state index in [0.717, 1.165) is 31.1 Å². The summed E-state index contributed by atoms with van der Waals surface area (Å²) in [6.45, 7) is 7.88. The van der Waals surface area contributed by atoms with E-state index in [4.69, 9.17) is 0 Å². The van der Waals surface area contributed by atoms with Gasteiger partial charge in [0, 0.05) is 37.6 Å². The van der Waals surface area contributed by atoms with Gasteiger partial charge in [0.2, 0.25) is 5.95 Å². The van der Waals surface area contributed by atoms with Crippen LogP contribution in [0.25, 0.3) is 0 Å². The zero-order valence-corrected chi connectivity index (χ0v) is 14.8. The fourth-order valence-corrected chi connectivity index (χ4v) is 3.04. The largest absolute Gasteiger partial charge is 0.390 e. The highest BCUT2D eigenvalue weighted by Crippen LogP contribution is 2.22. The van der Waals surface area contributed by atoms with Gasteiger partial charge in [0.1, 0.15) is 11.9 Å².